The fourth-order valence-corrected chi connectivity index (χ4v) is 4.28. The summed E-state index contributed by atoms with van der Waals surface area (Å²) in [6.45, 7) is 8.94. The molecule has 0 aliphatic heterocycles. The quantitative estimate of drug-likeness (QED) is 0.221. The van der Waals surface area contributed by atoms with Crippen LogP contribution in [0.3, 0.4) is 0 Å². The molecule has 0 aliphatic carbocycles. The lowest BCUT2D eigenvalue weighted by Crippen LogP contribution is -2.45. The summed E-state index contributed by atoms with van der Waals surface area (Å²) >= 11 is 0. The van der Waals surface area contributed by atoms with Gasteiger partial charge in [-0.3, -0.25) is 24.3 Å². The lowest BCUT2D eigenvalue weighted by molar-refractivity contribution is -0.349. The first kappa shape index (κ1) is 30.8. The van der Waals surface area contributed by atoms with Gasteiger partial charge in [0, 0.05) is 17.7 Å². The molecule has 0 fully saturated rings. The summed E-state index contributed by atoms with van der Waals surface area (Å²) in [5.41, 5.74) is 1.69. The molecule has 0 aliphatic rings. The van der Waals surface area contributed by atoms with Crippen molar-refractivity contribution in [3.8, 4) is 5.75 Å². The molecule has 260 valence electrons. The van der Waals surface area contributed by atoms with Crippen molar-refractivity contribution in [1.29, 1.82) is 0 Å². The molecular weight excluding hydrogens is 647 g/mol. The van der Waals surface area contributed by atoms with Crippen molar-refractivity contribution in [3.63, 3.8) is 0 Å². The molecule has 4 aromatic rings. The fraction of sp³-hybridized carbons (Fsp3) is 0.364. The predicted molar refractivity (Wildman–Crippen MR) is 172 cm³/mol. The molecule has 4 rings (SSSR count). The number of aromatic amines is 2. The highest BCUT2D eigenvalue weighted by Gasteiger charge is 2.43. The van der Waals surface area contributed by atoms with Gasteiger partial charge in [0.25, 0.3) is 11.5 Å². The van der Waals surface area contributed by atoms with E-state index in [1.165, 1.54) is 0 Å². The Morgan fingerprint density at radius 1 is 1.02 bits per heavy atom. The van der Waals surface area contributed by atoms with E-state index in [0.717, 1.165) is 30.5 Å². The van der Waals surface area contributed by atoms with E-state index >= 15 is 0 Å². The van der Waals surface area contributed by atoms with E-state index in [1.54, 1.807) is 41.5 Å². The Bertz CT molecular complexity index is 2110. The van der Waals surface area contributed by atoms with Gasteiger partial charge in [-0.2, -0.15) is 13.2 Å². The number of H-pyrrole nitrogens is 2. The number of hydrogen-bond donors (Lipinski definition) is 3. The van der Waals surface area contributed by atoms with Gasteiger partial charge in [-0.1, -0.05) is 12.1 Å². The number of esters is 1. The van der Waals surface area contributed by atoms with E-state index in [-0.39, 0.29) is 45.4 Å². The summed E-state index contributed by atoms with van der Waals surface area (Å²) in [5, 5.41) is 2.46. The van der Waals surface area contributed by atoms with Gasteiger partial charge in [0.15, 0.2) is 0 Å². The molecule has 0 saturated carbocycles. The minimum Gasteiger partial charge on any atom is -0.488 e. The molecule has 49 heavy (non-hydrogen) atoms. The van der Waals surface area contributed by atoms with Crippen LogP contribution >= 0.6 is 0 Å². The number of rotatable bonds is 9. The molecule has 0 saturated heterocycles. The number of anilines is 2. The Kier molecular flexibility index (Phi) is 8.73. The van der Waals surface area contributed by atoms with Crippen molar-refractivity contribution in [2.75, 3.05) is 10.6 Å². The monoisotopic (exact) mass is 688 g/mol. The third-order valence-corrected chi connectivity index (χ3v) is 6.26. The molecule has 5 N–H and O–H groups in total. The number of hydrogen-bond acceptors (Lipinski definition) is 9. The number of alkyl halides is 3. The van der Waals surface area contributed by atoms with Gasteiger partial charge in [-0.15, -0.1) is 0 Å². The zero-order valence-corrected chi connectivity index (χ0v) is 27.4. The molecule has 2 amide bonds. The van der Waals surface area contributed by atoms with Gasteiger partial charge in [-0.25, -0.2) is 14.8 Å². The molecule has 2 aromatic carbocycles. The van der Waals surface area contributed by atoms with E-state index in [4.69, 9.17) is 20.7 Å². The predicted octanol–water partition coefficient (Wildman–Crippen LogP) is 3.67. The van der Waals surface area contributed by atoms with Crippen molar-refractivity contribution >= 4 is 40.6 Å². The standard InChI is InChI=1S/C33H36F3N7O6/c1-31(2,3)48-22-13-7-18(8-14-22)15-23(28(46)49-32(4,5)6)40-26(44)19-9-11-21(12-10-19)43(29(47)33(34,35)36)17-20-16-38-25-24(39-20)27(45)42-30(37)41-25/h7-14,16,23H,15,17H2,1-6H3,(H,40,44)(H3,37,38,41,42,45)/p+1/t23-/m0/s1/i7D,8D,13D,14D. The lowest BCUT2D eigenvalue weighted by atomic mass is 10.0. The molecular formula is C33H37F3N7O6+. The van der Waals surface area contributed by atoms with Crippen LogP contribution in [0.5, 0.6) is 5.75 Å². The van der Waals surface area contributed by atoms with E-state index in [1.807, 2.05) is 0 Å². The minimum absolute atomic E-state index is 0.0477. The van der Waals surface area contributed by atoms with E-state index in [2.05, 4.69) is 25.3 Å². The summed E-state index contributed by atoms with van der Waals surface area (Å²) in [7, 11) is 0. The fourth-order valence-electron chi connectivity index (χ4n) is 4.28. The first-order chi connectivity index (χ1) is 24.4. The maximum atomic E-state index is 13.7. The summed E-state index contributed by atoms with van der Waals surface area (Å²) < 4.78 is 86.2. The zero-order chi connectivity index (χ0) is 39.8. The first-order valence-electron chi connectivity index (χ1n) is 16.7. The van der Waals surface area contributed by atoms with Gasteiger partial charge in [-0.05, 0) is 88.4 Å². The molecule has 0 unspecified atom stereocenters. The summed E-state index contributed by atoms with van der Waals surface area (Å²) in [4.78, 5) is 64.6. The second kappa shape index (κ2) is 13.9. The average molecular weight is 689 g/mol. The number of nitrogens with one attached hydrogen (secondary N) is 3. The van der Waals surface area contributed by atoms with E-state index in [9.17, 15) is 32.3 Å². The number of ether oxygens (including phenoxy) is 2. The Balaban J connectivity index is 1.66. The Morgan fingerprint density at radius 2 is 1.65 bits per heavy atom. The van der Waals surface area contributed by atoms with Gasteiger partial charge in [0.2, 0.25) is 5.52 Å². The SMILES string of the molecule is [2H]c1c([2H])c(OC(C)(C)C)c([2H])c([2H])c1C[C@H](NC(=O)c1ccc(N(Cc2c[nH+]c3nc(N)[nH]c(=O)c3n2)C(=O)C(F)(F)F)cc1)C(=O)OC(C)(C)C. The number of carbonyl (C=O) groups excluding carboxylic acids is 3. The summed E-state index contributed by atoms with van der Waals surface area (Å²) in [6, 6.07) is 0.750. The van der Waals surface area contributed by atoms with Gasteiger partial charge in [0.05, 0.1) is 12.0 Å². The maximum Gasteiger partial charge on any atom is 0.471 e. The number of benzene rings is 2. The molecule has 0 bridgehead atoms. The number of aromatic nitrogens is 4. The van der Waals surface area contributed by atoms with Gasteiger partial charge >= 0.3 is 29.6 Å². The second-order valence-electron chi connectivity index (χ2n) is 12.8. The van der Waals surface area contributed by atoms with Crippen molar-refractivity contribution in [2.45, 2.75) is 77.9 Å². The molecule has 16 heteroatoms. The normalized spacial score (nSPS) is 13.8. The lowest BCUT2D eigenvalue weighted by Gasteiger charge is -2.25. The molecule has 0 radical (unpaired) electrons. The van der Waals surface area contributed by atoms with Crippen molar-refractivity contribution in [3.05, 3.63) is 81.8 Å². The van der Waals surface area contributed by atoms with Crippen LogP contribution in [0.4, 0.5) is 24.8 Å². The molecule has 13 nitrogen and oxygen atoms in total. The Morgan fingerprint density at radius 3 is 2.22 bits per heavy atom. The maximum absolute atomic E-state index is 13.7. The highest BCUT2D eigenvalue weighted by molar-refractivity contribution is 5.99. The van der Waals surface area contributed by atoms with Crippen LogP contribution in [0, 0.1) is 0 Å². The van der Waals surface area contributed by atoms with E-state index < -0.39 is 83.9 Å². The van der Waals surface area contributed by atoms with Crippen LogP contribution in [0.1, 0.15) is 68.6 Å². The van der Waals surface area contributed by atoms with Gasteiger partial charge in [0.1, 0.15) is 34.9 Å². The molecule has 2 aromatic heterocycles. The molecule has 0 spiro atoms. The third-order valence-electron chi connectivity index (χ3n) is 6.26. The Hall–Kier alpha value is -5.54. The number of nitrogens with zero attached hydrogens (tertiary/aromatic N) is 3. The third kappa shape index (κ3) is 9.98. The second-order valence-corrected chi connectivity index (χ2v) is 12.8. The topological polar surface area (TPSA) is 184 Å². The zero-order valence-electron chi connectivity index (χ0n) is 31.4. The smallest absolute Gasteiger partial charge is 0.471 e. The van der Waals surface area contributed by atoms with Crippen molar-refractivity contribution in [1.82, 2.24) is 20.3 Å². The number of nitrogen functional groups attached to an aromatic ring is 1. The van der Waals surface area contributed by atoms with Crippen LogP contribution in [-0.4, -0.2) is 56.2 Å². The number of nitrogens with two attached hydrogens (primary N) is 1. The highest BCUT2D eigenvalue weighted by atomic mass is 19.4. The number of carbonyl (C=O) groups is 3. The Labute approximate surface area is 284 Å². The molecule has 1 atom stereocenters. The van der Waals surface area contributed by atoms with Crippen molar-refractivity contribution < 1.29 is 47.5 Å². The highest BCUT2D eigenvalue weighted by Crippen LogP contribution is 2.26. The van der Waals surface area contributed by atoms with Gasteiger partial charge < -0.3 is 20.5 Å². The first-order valence-corrected chi connectivity index (χ1v) is 14.7. The van der Waals surface area contributed by atoms with Crippen LogP contribution in [0.15, 0.2) is 59.4 Å². The molecule has 2 heterocycles. The largest absolute Gasteiger partial charge is 0.488 e. The minimum atomic E-state index is -5.33. The van der Waals surface area contributed by atoms with Crippen LogP contribution < -0.4 is 31.2 Å². The average Bonchev–Trinajstić information content (AvgIpc) is 3.04. The van der Waals surface area contributed by atoms with Crippen molar-refractivity contribution in [2.24, 2.45) is 0 Å². The number of halogens is 3. The van der Waals surface area contributed by atoms with Crippen LogP contribution in [0.2, 0.25) is 0 Å². The summed E-state index contributed by atoms with van der Waals surface area (Å²) in [5.74, 6) is -4.67. The number of amides is 2. The van der Waals surface area contributed by atoms with Crippen LogP contribution in [-0.2, 0) is 27.3 Å². The number of fused-ring (bicyclic) bond motifs is 1. The summed E-state index contributed by atoms with van der Waals surface area (Å²) in [6.07, 6.45) is -4.71. The van der Waals surface area contributed by atoms with E-state index in [0.29, 0.717) is 4.90 Å². The van der Waals surface area contributed by atoms with Crippen LogP contribution in [0.25, 0.3) is 11.2 Å².